The van der Waals surface area contributed by atoms with Crippen LogP contribution in [0.15, 0.2) is 24.3 Å². The minimum Gasteiger partial charge on any atom is -0.337 e. The Labute approximate surface area is 124 Å². The van der Waals surface area contributed by atoms with E-state index in [9.17, 15) is 9.59 Å². The summed E-state index contributed by atoms with van der Waals surface area (Å²) in [5.41, 5.74) is 0.587. The summed E-state index contributed by atoms with van der Waals surface area (Å²) in [5.74, 6) is -0.339. The molecule has 1 fully saturated rings. The van der Waals surface area contributed by atoms with E-state index >= 15 is 0 Å². The number of halogens is 1. The predicted molar refractivity (Wildman–Crippen MR) is 79.9 cm³/mol. The van der Waals surface area contributed by atoms with E-state index in [2.05, 4.69) is 26.1 Å². The van der Waals surface area contributed by atoms with E-state index in [0.717, 1.165) is 6.42 Å². The predicted octanol–water partition coefficient (Wildman–Crippen LogP) is 3.45. The van der Waals surface area contributed by atoms with Crippen LogP contribution in [0.1, 0.15) is 27.2 Å². The zero-order valence-corrected chi connectivity index (χ0v) is 12.7. The van der Waals surface area contributed by atoms with Crippen LogP contribution in [0, 0.1) is 11.3 Å². The van der Waals surface area contributed by atoms with Gasteiger partial charge in [0.2, 0.25) is 5.91 Å². The number of hydrogen-bond donors (Lipinski definition) is 1. The number of urea groups is 1. The Balaban J connectivity index is 2.24. The van der Waals surface area contributed by atoms with Crippen LogP contribution in [-0.2, 0) is 4.79 Å². The summed E-state index contributed by atoms with van der Waals surface area (Å²) in [6.07, 6.45) is 0.732. The molecular formula is C15H19ClN2O2. The molecular weight excluding hydrogens is 276 g/mol. The maximum Gasteiger partial charge on any atom is 0.328 e. The summed E-state index contributed by atoms with van der Waals surface area (Å²) in [5, 5.41) is 3.36. The molecule has 1 aliphatic rings. The minimum absolute atomic E-state index is 0.0358. The molecule has 1 atom stereocenters. The molecule has 4 nitrogen and oxygen atoms in total. The molecule has 1 aliphatic heterocycles. The summed E-state index contributed by atoms with van der Waals surface area (Å²) >= 11 is 5.84. The Morgan fingerprint density at radius 2 is 1.85 bits per heavy atom. The lowest BCUT2D eigenvalue weighted by Gasteiger charge is -2.34. The lowest BCUT2D eigenvalue weighted by molar-refractivity contribution is -0.123. The van der Waals surface area contributed by atoms with Gasteiger partial charge in [-0.15, -0.1) is 0 Å². The summed E-state index contributed by atoms with van der Waals surface area (Å²) in [6, 6.07) is 6.33. The normalized spacial score (nSPS) is 20.0. The highest BCUT2D eigenvalue weighted by molar-refractivity contribution is 6.30. The van der Waals surface area contributed by atoms with E-state index < -0.39 is 0 Å². The summed E-state index contributed by atoms with van der Waals surface area (Å²) < 4.78 is 0. The molecule has 0 bridgehead atoms. The van der Waals surface area contributed by atoms with Crippen molar-refractivity contribution in [3.63, 3.8) is 0 Å². The molecule has 1 unspecified atom stereocenters. The maximum atomic E-state index is 12.5. The molecule has 1 aromatic carbocycles. The van der Waals surface area contributed by atoms with E-state index in [-0.39, 0.29) is 23.3 Å². The molecule has 20 heavy (non-hydrogen) atoms. The molecule has 1 heterocycles. The molecule has 1 saturated heterocycles. The van der Waals surface area contributed by atoms with Gasteiger partial charge in [0.25, 0.3) is 0 Å². The van der Waals surface area contributed by atoms with Gasteiger partial charge in [-0.3, -0.25) is 4.79 Å². The van der Waals surface area contributed by atoms with Crippen LogP contribution in [0.2, 0.25) is 5.02 Å². The molecule has 0 spiro atoms. The van der Waals surface area contributed by atoms with Crippen LogP contribution in [0.4, 0.5) is 10.5 Å². The number of nitrogens with one attached hydrogen (secondary N) is 1. The number of nitrogens with zero attached hydrogens (tertiary/aromatic N) is 1. The van der Waals surface area contributed by atoms with Crippen molar-refractivity contribution >= 4 is 29.2 Å². The number of anilines is 1. The van der Waals surface area contributed by atoms with Gasteiger partial charge in [0.1, 0.15) is 0 Å². The Morgan fingerprint density at radius 1 is 1.25 bits per heavy atom. The lowest BCUT2D eigenvalue weighted by Crippen LogP contribution is -2.55. The molecule has 0 aromatic heterocycles. The first kappa shape index (κ1) is 14.9. The first-order valence-electron chi connectivity index (χ1n) is 6.65. The Hall–Kier alpha value is -1.55. The monoisotopic (exact) mass is 294 g/mol. The molecule has 0 aliphatic carbocycles. The third kappa shape index (κ3) is 3.31. The average Bonchev–Trinajstić information content (AvgIpc) is 2.34. The van der Waals surface area contributed by atoms with Gasteiger partial charge in [-0.1, -0.05) is 32.4 Å². The highest BCUT2D eigenvalue weighted by Gasteiger charge is 2.37. The molecule has 1 aromatic rings. The van der Waals surface area contributed by atoms with Crippen molar-refractivity contribution in [1.29, 1.82) is 0 Å². The second-order valence-corrected chi connectivity index (χ2v) is 6.73. The number of amides is 3. The van der Waals surface area contributed by atoms with Crippen LogP contribution < -0.4 is 10.2 Å². The second-order valence-electron chi connectivity index (χ2n) is 6.30. The molecule has 3 amide bonds. The van der Waals surface area contributed by atoms with Gasteiger partial charge >= 0.3 is 6.03 Å². The van der Waals surface area contributed by atoms with Crippen LogP contribution in [0.25, 0.3) is 0 Å². The van der Waals surface area contributed by atoms with Crippen molar-refractivity contribution in [2.24, 2.45) is 11.3 Å². The zero-order valence-electron chi connectivity index (χ0n) is 11.9. The minimum atomic E-state index is -0.373. The molecule has 2 rings (SSSR count). The third-order valence-electron chi connectivity index (χ3n) is 3.22. The van der Waals surface area contributed by atoms with E-state index in [1.807, 2.05) is 0 Å². The number of rotatable bonds is 2. The van der Waals surface area contributed by atoms with Crippen molar-refractivity contribution in [2.75, 3.05) is 11.4 Å². The number of hydrogen-bond acceptors (Lipinski definition) is 2. The third-order valence-corrected chi connectivity index (χ3v) is 3.47. The fourth-order valence-corrected chi connectivity index (χ4v) is 2.52. The highest BCUT2D eigenvalue weighted by atomic mass is 35.5. The fourth-order valence-electron chi connectivity index (χ4n) is 2.39. The van der Waals surface area contributed by atoms with Crippen molar-refractivity contribution in [3.05, 3.63) is 29.3 Å². The molecule has 0 radical (unpaired) electrons. The number of carbonyl (C=O) groups is 2. The first-order chi connectivity index (χ1) is 9.28. The van der Waals surface area contributed by atoms with Crippen LogP contribution >= 0.6 is 11.6 Å². The Morgan fingerprint density at radius 3 is 2.40 bits per heavy atom. The van der Waals surface area contributed by atoms with E-state index in [1.165, 1.54) is 4.90 Å². The number of imide groups is 1. The average molecular weight is 295 g/mol. The lowest BCUT2D eigenvalue weighted by atomic mass is 9.83. The van der Waals surface area contributed by atoms with Crippen LogP contribution in [0.3, 0.4) is 0 Å². The Kier molecular flexibility index (Phi) is 4.04. The molecule has 5 heteroatoms. The number of benzene rings is 1. The van der Waals surface area contributed by atoms with E-state index in [4.69, 9.17) is 11.6 Å². The quantitative estimate of drug-likeness (QED) is 0.908. The van der Waals surface area contributed by atoms with Crippen LogP contribution in [-0.4, -0.2) is 18.5 Å². The van der Waals surface area contributed by atoms with Gasteiger partial charge < -0.3 is 5.32 Å². The maximum absolute atomic E-state index is 12.5. The summed E-state index contributed by atoms with van der Waals surface area (Å²) in [4.78, 5) is 25.7. The van der Waals surface area contributed by atoms with Gasteiger partial charge in [-0.05, 0) is 36.1 Å². The van der Waals surface area contributed by atoms with Crippen molar-refractivity contribution in [1.82, 2.24) is 5.32 Å². The van der Waals surface area contributed by atoms with E-state index in [1.54, 1.807) is 24.3 Å². The first-order valence-corrected chi connectivity index (χ1v) is 7.03. The van der Waals surface area contributed by atoms with Crippen molar-refractivity contribution < 1.29 is 9.59 Å². The summed E-state index contributed by atoms with van der Waals surface area (Å²) in [7, 11) is 0. The van der Waals surface area contributed by atoms with Gasteiger partial charge in [-0.2, -0.15) is 0 Å². The van der Waals surface area contributed by atoms with Gasteiger partial charge in [0.15, 0.2) is 0 Å². The largest absolute Gasteiger partial charge is 0.337 e. The van der Waals surface area contributed by atoms with Crippen LogP contribution in [0.5, 0.6) is 0 Å². The zero-order chi connectivity index (χ0) is 14.9. The van der Waals surface area contributed by atoms with Crippen molar-refractivity contribution in [2.45, 2.75) is 27.2 Å². The standard InChI is InChI=1S/C15H19ClN2O2/c1-15(2,3)8-10-9-17-14(20)18(13(10)19)12-6-4-11(16)5-7-12/h4-7,10H,8-9H2,1-3H3,(H,17,20). The van der Waals surface area contributed by atoms with Crippen molar-refractivity contribution in [3.8, 4) is 0 Å². The van der Waals surface area contributed by atoms with Gasteiger partial charge in [0, 0.05) is 11.6 Å². The fraction of sp³-hybridized carbons (Fsp3) is 0.467. The highest BCUT2D eigenvalue weighted by Crippen LogP contribution is 2.29. The topological polar surface area (TPSA) is 49.4 Å². The SMILES string of the molecule is CC(C)(C)CC1CNC(=O)N(c2ccc(Cl)cc2)C1=O. The number of carbonyl (C=O) groups excluding carboxylic acids is 2. The molecule has 1 N–H and O–H groups in total. The summed E-state index contributed by atoms with van der Waals surface area (Å²) in [6.45, 7) is 6.66. The Bertz CT molecular complexity index is 520. The molecule has 108 valence electrons. The van der Waals surface area contributed by atoms with Gasteiger partial charge in [-0.25, -0.2) is 9.69 Å². The second kappa shape index (κ2) is 5.44. The van der Waals surface area contributed by atoms with E-state index in [0.29, 0.717) is 17.3 Å². The molecule has 0 saturated carbocycles. The van der Waals surface area contributed by atoms with Gasteiger partial charge in [0.05, 0.1) is 11.6 Å². The smallest absolute Gasteiger partial charge is 0.328 e.